The van der Waals surface area contributed by atoms with Gasteiger partial charge in [0, 0.05) is 41.6 Å². The molecule has 1 unspecified atom stereocenters. The number of hydrogen-bond acceptors (Lipinski definition) is 12. The predicted molar refractivity (Wildman–Crippen MR) is 271 cm³/mol. The van der Waals surface area contributed by atoms with Gasteiger partial charge in [-0.05, 0) is 43.3 Å². The standard InChI is InChI=1S/C50H42F2N6O4S6/c1-5-56-42(67-44(46(56)59)48-53(2)35-18-16-32(51)22-38(35)65-48)26-41-57(28-31-14-10-7-11-15-31)34(29-64-41)24-37(50(61)62-4)58-43(25-40-55(20-21-63-40)27-30-12-8-6-9-13-30)68-45(47(58)60)49-54(3)36-19-17-33(52)23-39(36)66-49/h6-23,25-26,29,37H,5,24,27-28H2,1-4H3/q+2. The molecule has 0 amide bonds. The summed E-state index contributed by atoms with van der Waals surface area (Å²) >= 11 is 8.40. The summed E-state index contributed by atoms with van der Waals surface area (Å²) in [5, 5.41) is 7.09. The van der Waals surface area contributed by atoms with E-state index in [4.69, 9.17) is 4.74 Å². The normalized spacial score (nSPS) is 15.9. The Bertz CT molecular complexity index is 3640. The van der Waals surface area contributed by atoms with Crippen molar-refractivity contribution in [2.45, 2.75) is 48.8 Å². The molecule has 68 heavy (non-hydrogen) atoms. The van der Waals surface area contributed by atoms with E-state index in [9.17, 15) is 18.4 Å². The van der Waals surface area contributed by atoms with Crippen LogP contribution in [-0.4, -0.2) is 36.3 Å². The van der Waals surface area contributed by atoms with E-state index >= 15 is 4.79 Å². The molecule has 10 rings (SSSR count). The number of ether oxygens (including phenoxy) is 1. The van der Waals surface area contributed by atoms with Gasteiger partial charge in [-0.25, -0.2) is 13.6 Å². The number of esters is 1. The molecule has 0 radical (unpaired) electrons. The van der Waals surface area contributed by atoms with Crippen LogP contribution in [0.25, 0.3) is 22.2 Å². The molecule has 8 aromatic rings. The minimum Gasteiger partial charge on any atom is -0.467 e. The Morgan fingerprint density at radius 1 is 0.735 bits per heavy atom. The number of benzene rings is 4. The van der Waals surface area contributed by atoms with Crippen LogP contribution in [0, 0.1) is 11.6 Å². The van der Waals surface area contributed by atoms with Gasteiger partial charge in [-0.1, -0.05) is 107 Å². The first-order valence-corrected chi connectivity index (χ1v) is 26.5. The highest BCUT2D eigenvalue weighted by molar-refractivity contribution is 8.09. The number of nitrogens with zero attached hydrogens (tertiary/aromatic N) is 6. The Morgan fingerprint density at radius 2 is 1.31 bits per heavy atom. The second-order valence-electron chi connectivity index (χ2n) is 15.9. The van der Waals surface area contributed by atoms with Crippen LogP contribution < -0.4 is 48.4 Å². The lowest BCUT2D eigenvalue weighted by Gasteiger charge is -2.15. The Hall–Kier alpha value is -5.89. The van der Waals surface area contributed by atoms with Crippen molar-refractivity contribution in [3.63, 3.8) is 0 Å². The zero-order valence-electron chi connectivity index (χ0n) is 37.1. The van der Waals surface area contributed by atoms with E-state index in [0.717, 1.165) is 52.8 Å². The third-order valence-corrected chi connectivity index (χ3v) is 18.5. The molecule has 0 fully saturated rings. The first-order valence-electron chi connectivity index (χ1n) is 21.5. The summed E-state index contributed by atoms with van der Waals surface area (Å²) < 4.78 is 44.2. The van der Waals surface area contributed by atoms with Crippen LogP contribution in [0.3, 0.4) is 0 Å². The van der Waals surface area contributed by atoms with Crippen molar-refractivity contribution in [1.82, 2.24) is 9.13 Å². The van der Waals surface area contributed by atoms with Gasteiger partial charge in [0.05, 0.1) is 47.8 Å². The fourth-order valence-corrected chi connectivity index (χ4v) is 15.2. The van der Waals surface area contributed by atoms with Crippen LogP contribution in [-0.2, 0) is 35.6 Å². The Balaban J connectivity index is 1.13. The van der Waals surface area contributed by atoms with Crippen LogP contribution in [0.2, 0.25) is 0 Å². The first kappa shape index (κ1) is 45.9. The zero-order chi connectivity index (χ0) is 47.2. The number of rotatable bonds is 11. The molecule has 2 aliphatic heterocycles. The highest BCUT2D eigenvalue weighted by Crippen LogP contribution is 2.46. The van der Waals surface area contributed by atoms with Gasteiger partial charge in [0.1, 0.15) is 46.1 Å². The fraction of sp³-hybridized carbons (Fsp3) is 0.180. The molecule has 0 saturated carbocycles. The van der Waals surface area contributed by atoms with E-state index in [-0.39, 0.29) is 29.2 Å². The SMILES string of the molecule is CCn1c(=Cc2scc(CC(C(=O)OC)n3c(=Cc4scc[n+]4Cc4ccccc4)sc(=C4Sc5cc(F)ccc5N4C)c3=O)[n+]2Cc2ccccc2)sc(=C2Sc3cc(F)ccc3N2C)c1=O. The number of hydrogen-bond donors (Lipinski definition) is 0. The van der Waals surface area contributed by atoms with Gasteiger partial charge >= 0.3 is 5.97 Å². The summed E-state index contributed by atoms with van der Waals surface area (Å²) in [5.41, 5.74) is 4.03. The molecule has 0 saturated heterocycles. The van der Waals surface area contributed by atoms with Gasteiger partial charge < -0.3 is 14.5 Å². The number of thiazole rings is 4. The zero-order valence-corrected chi connectivity index (χ0v) is 42.0. The highest BCUT2D eigenvalue weighted by Gasteiger charge is 2.34. The van der Waals surface area contributed by atoms with E-state index < -0.39 is 12.0 Å². The monoisotopic (exact) mass is 1020 g/mol. The lowest BCUT2D eigenvalue weighted by atomic mass is 10.1. The Morgan fingerprint density at radius 3 is 1.91 bits per heavy atom. The van der Waals surface area contributed by atoms with E-state index in [1.807, 2.05) is 108 Å². The second-order valence-corrected chi connectivity index (χ2v) is 21.9. The molecule has 18 heteroatoms. The number of halogens is 2. The summed E-state index contributed by atoms with van der Waals surface area (Å²) in [4.78, 5) is 49.0. The second kappa shape index (κ2) is 19.2. The Kier molecular flexibility index (Phi) is 13.0. The van der Waals surface area contributed by atoms with Crippen molar-refractivity contribution in [2.24, 2.45) is 0 Å². The number of methoxy groups -OCH3 is 1. The number of aromatic nitrogens is 4. The summed E-state index contributed by atoms with van der Waals surface area (Å²) in [7, 11) is 5.08. The van der Waals surface area contributed by atoms with Crippen molar-refractivity contribution in [1.29, 1.82) is 0 Å². The minimum absolute atomic E-state index is 0.101. The van der Waals surface area contributed by atoms with Crippen molar-refractivity contribution >= 4 is 108 Å². The third kappa shape index (κ3) is 8.73. The summed E-state index contributed by atoms with van der Waals surface area (Å²) in [5.74, 6) is -1.29. The molecular formula is C50H42F2N6O4S6+2. The number of fused-ring (bicyclic) bond motifs is 2. The highest BCUT2D eigenvalue weighted by atomic mass is 32.2. The van der Waals surface area contributed by atoms with Crippen LogP contribution in [0.5, 0.6) is 0 Å². The van der Waals surface area contributed by atoms with Crippen LogP contribution in [0.1, 0.15) is 39.8 Å². The quantitative estimate of drug-likeness (QED) is 0.108. The molecule has 10 nitrogen and oxygen atoms in total. The van der Waals surface area contributed by atoms with E-state index in [0.29, 0.717) is 43.3 Å². The number of carbonyl (C=O) groups excluding carboxylic acids is 1. The molecule has 0 aliphatic carbocycles. The van der Waals surface area contributed by atoms with Crippen molar-refractivity contribution in [3.8, 4) is 0 Å². The van der Waals surface area contributed by atoms with E-state index in [1.165, 1.54) is 100 Å². The van der Waals surface area contributed by atoms with Gasteiger partial charge in [0.25, 0.3) is 21.1 Å². The molecular weight excluding hydrogens is 979 g/mol. The van der Waals surface area contributed by atoms with E-state index in [2.05, 4.69) is 21.3 Å². The third-order valence-electron chi connectivity index (χ3n) is 11.8. The van der Waals surface area contributed by atoms with Crippen LogP contribution in [0.4, 0.5) is 20.2 Å². The molecule has 0 bridgehead atoms. The van der Waals surface area contributed by atoms with Crippen LogP contribution in [0.15, 0.2) is 133 Å². The smallest absolute Gasteiger partial charge is 0.329 e. The maximum Gasteiger partial charge on any atom is 0.329 e. The molecule has 1 atom stereocenters. The molecule has 2 aliphatic rings. The lowest BCUT2D eigenvalue weighted by Crippen LogP contribution is -2.45. The first-order chi connectivity index (χ1) is 33.0. The van der Waals surface area contributed by atoms with Gasteiger partial charge in [-0.3, -0.25) is 18.7 Å². The van der Waals surface area contributed by atoms with Gasteiger partial charge in [0.15, 0.2) is 25.0 Å². The summed E-state index contributed by atoms with van der Waals surface area (Å²) in [6, 6.07) is 28.2. The summed E-state index contributed by atoms with van der Waals surface area (Å²) in [6.45, 7) is 3.41. The largest absolute Gasteiger partial charge is 0.467 e. The number of thioether (sulfide) groups is 2. The average molecular weight is 1020 g/mol. The Labute approximate surface area is 413 Å². The predicted octanol–water partition coefficient (Wildman–Crippen LogP) is 6.46. The molecule has 6 heterocycles. The maximum absolute atomic E-state index is 15.2. The van der Waals surface area contributed by atoms with Crippen LogP contribution >= 0.6 is 68.9 Å². The molecule has 4 aromatic carbocycles. The minimum atomic E-state index is -1.09. The van der Waals surface area contributed by atoms with Crippen molar-refractivity contribution in [2.75, 3.05) is 31.0 Å². The molecule has 0 spiro atoms. The fourth-order valence-electron chi connectivity index (χ4n) is 8.34. The topological polar surface area (TPSA) is 84.5 Å². The molecule has 344 valence electrons. The van der Waals surface area contributed by atoms with Crippen molar-refractivity contribution in [3.05, 3.63) is 192 Å². The average Bonchev–Trinajstić information content (AvgIpc) is 4.20. The van der Waals surface area contributed by atoms with Gasteiger partial charge in [-0.2, -0.15) is 9.13 Å². The van der Waals surface area contributed by atoms with Crippen molar-refractivity contribution < 1.29 is 27.4 Å². The summed E-state index contributed by atoms with van der Waals surface area (Å²) in [6.07, 6.45) is 6.08. The number of anilines is 2. The molecule has 4 aromatic heterocycles. The van der Waals surface area contributed by atoms with Gasteiger partial charge in [0.2, 0.25) is 0 Å². The number of carbonyl (C=O) groups is 1. The maximum atomic E-state index is 15.2. The van der Waals surface area contributed by atoms with E-state index in [1.54, 1.807) is 21.3 Å². The van der Waals surface area contributed by atoms with Gasteiger partial charge in [-0.15, -0.1) is 22.7 Å². The lowest BCUT2D eigenvalue weighted by molar-refractivity contribution is -0.692. The molecule has 0 N–H and O–H groups in total.